The molecule has 0 aliphatic carbocycles. The number of nitrogens with two attached hydrogens (primary N) is 1. The van der Waals surface area contributed by atoms with Crippen molar-refractivity contribution in [2.75, 3.05) is 0 Å². The lowest BCUT2D eigenvalue weighted by molar-refractivity contribution is 0.476. The Morgan fingerprint density at radius 1 is 1.11 bits per heavy atom. The summed E-state index contributed by atoms with van der Waals surface area (Å²) in [7, 11) is 0. The van der Waals surface area contributed by atoms with Gasteiger partial charge in [0.15, 0.2) is 0 Å². The van der Waals surface area contributed by atoms with Gasteiger partial charge in [0, 0.05) is 10.6 Å². The molecule has 2 N–H and O–H groups in total. The van der Waals surface area contributed by atoms with E-state index in [2.05, 4.69) is 0 Å². The van der Waals surface area contributed by atoms with E-state index in [1.165, 1.54) is 24.3 Å². The van der Waals surface area contributed by atoms with E-state index in [-0.39, 0.29) is 0 Å². The highest BCUT2D eigenvalue weighted by Crippen LogP contribution is 2.36. The first-order chi connectivity index (χ1) is 8.99. The van der Waals surface area contributed by atoms with Crippen molar-refractivity contribution in [3.63, 3.8) is 0 Å². The van der Waals surface area contributed by atoms with E-state index in [0.29, 0.717) is 22.6 Å². The summed E-state index contributed by atoms with van der Waals surface area (Å²) in [6, 6.07) is 10.2. The topological polar surface area (TPSA) is 26.0 Å². The third-order valence-corrected chi connectivity index (χ3v) is 3.65. The predicted octanol–water partition coefficient (Wildman–Crippen LogP) is 4.23. The average Bonchev–Trinajstić information content (AvgIpc) is 2.41. The number of halogens is 3. The molecule has 1 nitrogen and oxygen atoms in total. The summed E-state index contributed by atoms with van der Waals surface area (Å²) in [5, 5.41) is 0.328. The van der Waals surface area contributed by atoms with Crippen LogP contribution in [0.4, 0.5) is 8.78 Å². The molecule has 0 saturated carbocycles. The van der Waals surface area contributed by atoms with Gasteiger partial charge in [0.05, 0.1) is 5.54 Å². The lowest BCUT2D eigenvalue weighted by atomic mass is 9.81. The van der Waals surface area contributed by atoms with Crippen LogP contribution in [0.5, 0.6) is 0 Å². The van der Waals surface area contributed by atoms with E-state index in [0.717, 1.165) is 0 Å². The van der Waals surface area contributed by atoms with Crippen LogP contribution in [-0.4, -0.2) is 0 Å². The molecule has 0 spiro atoms. The van der Waals surface area contributed by atoms with Crippen LogP contribution in [0.3, 0.4) is 0 Å². The first kappa shape index (κ1) is 14.0. The molecule has 0 bridgehead atoms. The van der Waals surface area contributed by atoms with Crippen LogP contribution in [0.2, 0.25) is 5.02 Å². The molecule has 2 aromatic carbocycles. The Kier molecular flexibility index (Phi) is 3.88. The minimum absolute atomic E-state index is 0.310. The summed E-state index contributed by atoms with van der Waals surface area (Å²) in [5.41, 5.74) is 5.87. The van der Waals surface area contributed by atoms with Crippen LogP contribution >= 0.6 is 11.6 Å². The Bertz CT molecular complexity index is 600. The third kappa shape index (κ3) is 2.48. The quantitative estimate of drug-likeness (QED) is 0.895. The van der Waals surface area contributed by atoms with Gasteiger partial charge in [-0.05, 0) is 36.2 Å². The maximum atomic E-state index is 14.0. The van der Waals surface area contributed by atoms with Crippen LogP contribution in [-0.2, 0) is 5.54 Å². The maximum absolute atomic E-state index is 14.0. The van der Waals surface area contributed by atoms with Crippen LogP contribution in [0.1, 0.15) is 24.5 Å². The Morgan fingerprint density at radius 2 is 1.79 bits per heavy atom. The van der Waals surface area contributed by atoms with E-state index < -0.39 is 17.2 Å². The minimum Gasteiger partial charge on any atom is -0.318 e. The van der Waals surface area contributed by atoms with Gasteiger partial charge in [-0.25, -0.2) is 8.78 Å². The predicted molar refractivity (Wildman–Crippen MR) is 73.1 cm³/mol. The van der Waals surface area contributed by atoms with E-state index in [1.54, 1.807) is 18.2 Å². The van der Waals surface area contributed by atoms with Gasteiger partial charge in [-0.1, -0.05) is 36.7 Å². The first-order valence-electron chi connectivity index (χ1n) is 5.98. The Labute approximate surface area is 116 Å². The van der Waals surface area contributed by atoms with Crippen LogP contribution in [0.15, 0.2) is 42.5 Å². The zero-order chi connectivity index (χ0) is 14.0. The van der Waals surface area contributed by atoms with Gasteiger partial charge in [-0.15, -0.1) is 0 Å². The zero-order valence-corrected chi connectivity index (χ0v) is 11.2. The molecule has 4 heteroatoms. The van der Waals surface area contributed by atoms with Gasteiger partial charge in [-0.2, -0.15) is 0 Å². The molecule has 2 rings (SSSR count). The van der Waals surface area contributed by atoms with E-state index in [9.17, 15) is 8.78 Å². The highest BCUT2D eigenvalue weighted by atomic mass is 35.5. The van der Waals surface area contributed by atoms with Crippen molar-refractivity contribution in [3.8, 4) is 0 Å². The molecule has 0 radical (unpaired) electrons. The first-order valence-corrected chi connectivity index (χ1v) is 6.36. The molecule has 19 heavy (non-hydrogen) atoms. The lowest BCUT2D eigenvalue weighted by Crippen LogP contribution is -2.38. The van der Waals surface area contributed by atoms with E-state index >= 15 is 0 Å². The van der Waals surface area contributed by atoms with Crippen LogP contribution < -0.4 is 5.73 Å². The lowest BCUT2D eigenvalue weighted by Gasteiger charge is -2.30. The van der Waals surface area contributed by atoms with Gasteiger partial charge in [0.25, 0.3) is 0 Å². The molecule has 0 saturated heterocycles. The van der Waals surface area contributed by atoms with Gasteiger partial charge in [0.2, 0.25) is 0 Å². The van der Waals surface area contributed by atoms with Crippen LogP contribution in [0, 0.1) is 11.6 Å². The Morgan fingerprint density at radius 3 is 2.42 bits per heavy atom. The van der Waals surface area contributed by atoms with Crippen molar-refractivity contribution < 1.29 is 8.78 Å². The van der Waals surface area contributed by atoms with Crippen molar-refractivity contribution in [2.45, 2.75) is 18.9 Å². The Hall–Kier alpha value is -1.45. The van der Waals surface area contributed by atoms with Gasteiger partial charge < -0.3 is 5.73 Å². The highest BCUT2D eigenvalue weighted by Gasteiger charge is 2.32. The summed E-state index contributed by atoms with van der Waals surface area (Å²) < 4.78 is 27.4. The third-order valence-electron chi connectivity index (χ3n) is 3.32. The SMILES string of the molecule is CCC(N)(c1ccccc1F)c1cc(F)ccc1Cl. The number of hydrogen-bond acceptors (Lipinski definition) is 1. The molecule has 2 aromatic rings. The van der Waals surface area contributed by atoms with E-state index in [1.807, 2.05) is 6.92 Å². The van der Waals surface area contributed by atoms with Crippen LogP contribution in [0.25, 0.3) is 0 Å². The van der Waals surface area contributed by atoms with Crippen molar-refractivity contribution in [3.05, 3.63) is 70.2 Å². The smallest absolute Gasteiger partial charge is 0.128 e. The van der Waals surface area contributed by atoms with E-state index in [4.69, 9.17) is 17.3 Å². The fraction of sp³-hybridized carbons (Fsp3) is 0.200. The molecule has 0 aliphatic heterocycles. The number of hydrogen-bond donors (Lipinski definition) is 1. The molecule has 100 valence electrons. The summed E-state index contributed by atoms with van der Waals surface area (Å²) in [6.07, 6.45) is 0.400. The summed E-state index contributed by atoms with van der Waals surface area (Å²) in [5.74, 6) is -0.869. The molecule has 0 aliphatic rings. The monoisotopic (exact) mass is 281 g/mol. The summed E-state index contributed by atoms with van der Waals surface area (Å²) >= 11 is 6.09. The maximum Gasteiger partial charge on any atom is 0.128 e. The number of benzene rings is 2. The normalized spacial score (nSPS) is 14.2. The van der Waals surface area contributed by atoms with Crippen molar-refractivity contribution in [1.29, 1.82) is 0 Å². The van der Waals surface area contributed by atoms with Gasteiger partial charge in [0.1, 0.15) is 11.6 Å². The fourth-order valence-electron chi connectivity index (χ4n) is 2.19. The molecule has 0 fully saturated rings. The van der Waals surface area contributed by atoms with Gasteiger partial charge >= 0.3 is 0 Å². The number of rotatable bonds is 3. The molecule has 0 amide bonds. The molecule has 1 unspecified atom stereocenters. The molecule has 1 atom stereocenters. The highest BCUT2D eigenvalue weighted by molar-refractivity contribution is 6.31. The van der Waals surface area contributed by atoms with Crippen molar-refractivity contribution in [2.24, 2.45) is 5.73 Å². The molecule has 0 heterocycles. The molecular weight excluding hydrogens is 268 g/mol. The standard InChI is InChI=1S/C15H14ClF2N/c1-2-15(19,11-5-3-4-6-14(11)18)12-9-10(17)7-8-13(12)16/h3-9H,2,19H2,1H3. The fourth-order valence-corrected chi connectivity index (χ4v) is 2.47. The second-order valence-electron chi connectivity index (χ2n) is 4.43. The summed E-state index contributed by atoms with van der Waals surface area (Å²) in [4.78, 5) is 0. The molecular formula is C15H14ClF2N. The van der Waals surface area contributed by atoms with Crippen molar-refractivity contribution >= 4 is 11.6 Å². The largest absolute Gasteiger partial charge is 0.318 e. The average molecular weight is 282 g/mol. The Balaban J connectivity index is 2.66. The second-order valence-corrected chi connectivity index (χ2v) is 4.84. The van der Waals surface area contributed by atoms with Crippen molar-refractivity contribution in [1.82, 2.24) is 0 Å². The minimum atomic E-state index is -1.15. The zero-order valence-electron chi connectivity index (χ0n) is 10.5. The van der Waals surface area contributed by atoms with Gasteiger partial charge in [-0.3, -0.25) is 0 Å². The summed E-state index contributed by atoms with van der Waals surface area (Å²) in [6.45, 7) is 1.81. The molecule has 0 aromatic heterocycles. The second kappa shape index (κ2) is 5.27.